The molecule has 0 fully saturated rings. The minimum atomic E-state index is -0.182. The molecule has 0 heterocycles. The summed E-state index contributed by atoms with van der Waals surface area (Å²) in [5, 5.41) is 2.83. The van der Waals surface area contributed by atoms with Crippen molar-refractivity contribution in [1.29, 1.82) is 0 Å². The van der Waals surface area contributed by atoms with E-state index in [4.69, 9.17) is 9.47 Å². The number of carbonyl (C=O) groups is 2. The van der Waals surface area contributed by atoms with E-state index in [2.05, 4.69) is 5.32 Å². The van der Waals surface area contributed by atoms with E-state index in [1.54, 1.807) is 37.3 Å². The van der Waals surface area contributed by atoms with Crippen molar-refractivity contribution in [1.82, 2.24) is 0 Å². The summed E-state index contributed by atoms with van der Waals surface area (Å²) in [4.78, 5) is 26.1. The molecule has 0 atom stereocenters. The first-order valence-electron chi connectivity index (χ1n) is 8.73. The Morgan fingerprint density at radius 1 is 1.00 bits per heavy atom. The van der Waals surface area contributed by atoms with E-state index in [9.17, 15) is 9.59 Å². The Bertz CT molecular complexity index is 833. The van der Waals surface area contributed by atoms with Gasteiger partial charge in [0.25, 0.3) is 0 Å². The van der Waals surface area contributed by atoms with Crippen molar-refractivity contribution in [2.45, 2.75) is 27.2 Å². The predicted molar refractivity (Wildman–Crippen MR) is 107 cm³/mol. The number of carbonyl (C=O) groups excluding carboxylic acids is 2. The van der Waals surface area contributed by atoms with E-state index in [0.29, 0.717) is 23.7 Å². The Kier molecular flexibility index (Phi) is 6.82. The maximum Gasteiger partial charge on any atom is 0.226 e. The van der Waals surface area contributed by atoms with Crippen LogP contribution in [0.4, 0.5) is 11.4 Å². The molecule has 0 saturated carbocycles. The number of nitrogens with zero attached hydrogens (tertiary/aromatic N) is 1. The monoisotopic (exact) mass is 370 g/mol. The Balaban J connectivity index is 2.06. The average molecular weight is 370 g/mol. The number of nitrogens with one attached hydrogen (secondary N) is 1. The molecule has 2 amide bonds. The zero-order valence-electron chi connectivity index (χ0n) is 16.5. The van der Waals surface area contributed by atoms with Crippen LogP contribution < -0.4 is 19.7 Å². The predicted octanol–water partition coefficient (Wildman–Crippen LogP) is 3.70. The van der Waals surface area contributed by atoms with Crippen molar-refractivity contribution >= 4 is 23.2 Å². The van der Waals surface area contributed by atoms with Crippen LogP contribution in [0.2, 0.25) is 0 Å². The zero-order chi connectivity index (χ0) is 20.0. The summed E-state index contributed by atoms with van der Waals surface area (Å²) in [5.74, 6) is 0.852. The fourth-order valence-corrected chi connectivity index (χ4v) is 2.81. The lowest BCUT2D eigenvalue weighted by Gasteiger charge is -2.23. The van der Waals surface area contributed by atoms with E-state index >= 15 is 0 Å². The third-order valence-electron chi connectivity index (χ3n) is 4.27. The number of benzene rings is 2. The molecule has 0 aromatic heterocycles. The Morgan fingerprint density at radius 3 is 2.33 bits per heavy atom. The van der Waals surface area contributed by atoms with Crippen LogP contribution in [-0.4, -0.2) is 32.6 Å². The molecule has 2 rings (SSSR count). The smallest absolute Gasteiger partial charge is 0.226 e. The quantitative estimate of drug-likeness (QED) is 0.807. The number of rotatable bonds is 7. The van der Waals surface area contributed by atoms with Crippen molar-refractivity contribution in [3.8, 4) is 11.5 Å². The second kappa shape index (κ2) is 9.07. The van der Waals surface area contributed by atoms with Gasteiger partial charge in [-0.15, -0.1) is 0 Å². The Hall–Kier alpha value is -3.02. The highest BCUT2D eigenvalue weighted by Gasteiger charge is 2.16. The fourth-order valence-electron chi connectivity index (χ4n) is 2.81. The molecular weight excluding hydrogens is 344 g/mol. The molecule has 0 aliphatic carbocycles. The molecule has 27 heavy (non-hydrogen) atoms. The van der Waals surface area contributed by atoms with Crippen LogP contribution in [0, 0.1) is 13.8 Å². The van der Waals surface area contributed by atoms with E-state index in [1.165, 1.54) is 6.92 Å². The van der Waals surface area contributed by atoms with Crippen molar-refractivity contribution < 1.29 is 19.1 Å². The normalized spacial score (nSPS) is 10.3. The van der Waals surface area contributed by atoms with Gasteiger partial charge in [0, 0.05) is 37.3 Å². The first-order chi connectivity index (χ1) is 12.8. The van der Waals surface area contributed by atoms with Crippen molar-refractivity contribution in [2.24, 2.45) is 0 Å². The van der Waals surface area contributed by atoms with Gasteiger partial charge in [-0.2, -0.15) is 0 Å². The fraction of sp³-hybridized carbons (Fsp3) is 0.333. The second-order valence-electron chi connectivity index (χ2n) is 6.33. The van der Waals surface area contributed by atoms with E-state index in [-0.39, 0.29) is 18.2 Å². The van der Waals surface area contributed by atoms with Crippen LogP contribution in [0.3, 0.4) is 0 Å². The molecule has 0 aliphatic heterocycles. The average Bonchev–Trinajstić information content (AvgIpc) is 2.64. The van der Waals surface area contributed by atoms with Gasteiger partial charge in [-0.05, 0) is 43.2 Å². The first kappa shape index (κ1) is 20.3. The lowest BCUT2D eigenvalue weighted by atomic mass is 10.1. The van der Waals surface area contributed by atoms with Crippen molar-refractivity contribution in [3.05, 3.63) is 47.5 Å². The molecule has 6 nitrogen and oxygen atoms in total. The number of anilines is 2. The third kappa shape index (κ3) is 5.23. The van der Waals surface area contributed by atoms with Gasteiger partial charge in [0.05, 0.1) is 14.2 Å². The van der Waals surface area contributed by atoms with Gasteiger partial charge >= 0.3 is 0 Å². The standard InChI is InChI=1S/C21H26N2O4/c1-14-6-7-15(2)18(12-14)23(16(3)24)11-10-21(25)22-17-8-9-19(26-4)20(13-17)27-5/h6-9,12-13H,10-11H2,1-5H3,(H,22,25). The largest absolute Gasteiger partial charge is 0.493 e. The summed E-state index contributed by atoms with van der Waals surface area (Å²) >= 11 is 0. The second-order valence-corrected chi connectivity index (χ2v) is 6.33. The van der Waals surface area contributed by atoms with Crippen LogP contribution in [0.15, 0.2) is 36.4 Å². The highest BCUT2D eigenvalue weighted by Crippen LogP contribution is 2.29. The van der Waals surface area contributed by atoms with Crippen molar-refractivity contribution in [2.75, 3.05) is 31.0 Å². The van der Waals surface area contributed by atoms with Gasteiger partial charge < -0.3 is 19.7 Å². The maximum absolute atomic E-state index is 12.4. The summed E-state index contributed by atoms with van der Waals surface area (Å²) in [5.41, 5.74) is 3.51. The molecule has 0 saturated heterocycles. The van der Waals surface area contributed by atoms with E-state index < -0.39 is 0 Å². The van der Waals surface area contributed by atoms with Gasteiger partial charge in [-0.25, -0.2) is 0 Å². The first-order valence-corrected chi connectivity index (χ1v) is 8.73. The number of aryl methyl sites for hydroxylation is 2. The maximum atomic E-state index is 12.4. The molecular formula is C21H26N2O4. The molecule has 1 N–H and O–H groups in total. The third-order valence-corrected chi connectivity index (χ3v) is 4.27. The summed E-state index contributed by atoms with van der Waals surface area (Å²) in [6, 6.07) is 11.1. The van der Waals surface area contributed by atoms with Crippen molar-refractivity contribution in [3.63, 3.8) is 0 Å². The molecule has 0 aliphatic rings. The molecule has 6 heteroatoms. The highest BCUT2D eigenvalue weighted by atomic mass is 16.5. The SMILES string of the molecule is COc1ccc(NC(=O)CCN(C(C)=O)c2cc(C)ccc2C)cc1OC. The topological polar surface area (TPSA) is 67.9 Å². The number of amides is 2. The van der Waals surface area contributed by atoms with E-state index in [1.807, 2.05) is 32.0 Å². The summed E-state index contributed by atoms with van der Waals surface area (Å²) in [6.07, 6.45) is 0.182. The molecule has 0 spiro atoms. The number of methoxy groups -OCH3 is 2. The van der Waals surface area contributed by atoms with Crippen LogP contribution in [0.5, 0.6) is 11.5 Å². The molecule has 0 unspecified atom stereocenters. The lowest BCUT2D eigenvalue weighted by molar-refractivity contribution is -0.117. The van der Waals surface area contributed by atoms with Crippen LogP contribution in [0.25, 0.3) is 0 Å². The van der Waals surface area contributed by atoms with Crippen LogP contribution in [-0.2, 0) is 9.59 Å². The Morgan fingerprint density at radius 2 is 1.70 bits per heavy atom. The lowest BCUT2D eigenvalue weighted by Crippen LogP contribution is -2.32. The van der Waals surface area contributed by atoms with Crippen LogP contribution in [0.1, 0.15) is 24.5 Å². The molecule has 0 bridgehead atoms. The summed E-state index contributed by atoms with van der Waals surface area (Å²) < 4.78 is 10.4. The Labute approximate surface area is 160 Å². The van der Waals surface area contributed by atoms with Gasteiger partial charge in [0.15, 0.2) is 11.5 Å². The zero-order valence-corrected chi connectivity index (χ0v) is 16.5. The van der Waals surface area contributed by atoms with Gasteiger partial charge in [0.2, 0.25) is 11.8 Å². The number of hydrogen-bond donors (Lipinski definition) is 1. The summed E-state index contributed by atoms with van der Waals surface area (Å²) in [6.45, 7) is 5.74. The minimum Gasteiger partial charge on any atom is -0.493 e. The molecule has 0 radical (unpaired) electrons. The number of hydrogen-bond acceptors (Lipinski definition) is 4. The molecule has 2 aromatic rings. The van der Waals surface area contributed by atoms with Gasteiger partial charge in [0.1, 0.15) is 0 Å². The molecule has 2 aromatic carbocycles. The number of ether oxygens (including phenoxy) is 2. The minimum absolute atomic E-state index is 0.0948. The van der Waals surface area contributed by atoms with Crippen LogP contribution >= 0.6 is 0 Å². The molecule has 144 valence electrons. The highest BCUT2D eigenvalue weighted by molar-refractivity contribution is 5.95. The summed E-state index contributed by atoms with van der Waals surface area (Å²) in [7, 11) is 3.10. The van der Waals surface area contributed by atoms with Gasteiger partial charge in [-0.3, -0.25) is 9.59 Å². The van der Waals surface area contributed by atoms with Gasteiger partial charge in [-0.1, -0.05) is 12.1 Å². The van der Waals surface area contributed by atoms with E-state index in [0.717, 1.165) is 16.8 Å².